The van der Waals surface area contributed by atoms with Crippen molar-refractivity contribution in [3.8, 4) is 0 Å². The van der Waals surface area contributed by atoms with Crippen LogP contribution in [-0.2, 0) is 0 Å². The van der Waals surface area contributed by atoms with E-state index in [2.05, 4.69) is 21.8 Å². The Morgan fingerprint density at radius 3 is 2.86 bits per heavy atom. The number of aryl methyl sites for hydroxylation is 1. The van der Waals surface area contributed by atoms with Gasteiger partial charge in [0.1, 0.15) is 4.88 Å². The fraction of sp³-hybridized carbons (Fsp3) is 0.750. The number of carbonyl (C=O) groups is 1. The number of carbonyl (C=O) groups excluding carboxylic acids is 1. The summed E-state index contributed by atoms with van der Waals surface area (Å²) >= 11 is 1.65. The zero-order valence-corrected chi connectivity index (χ0v) is 13.7. The maximum atomic E-state index is 13.0. The summed E-state index contributed by atoms with van der Waals surface area (Å²) in [5, 5.41) is 1.19. The minimum absolute atomic E-state index is 0.238. The Kier molecular flexibility index (Phi) is 3.30. The summed E-state index contributed by atoms with van der Waals surface area (Å²) in [4.78, 5) is 23.1. The van der Waals surface area contributed by atoms with Crippen LogP contribution in [0.25, 0.3) is 0 Å². The first-order valence-electron chi connectivity index (χ1n) is 8.10. The van der Waals surface area contributed by atoms with Crippen molar-refractivity contribution >= 4 is 17.2 Å². The predicted molar refractivity (Wildman–Crippen MR) is 83.9 cm³/mol. The van der Waals surface area contributed by atoms with Gasteiger partial charge in [0.05, 0.1) is 10.7 Å². The molecule has 1 aromatic rings. The largest absolute Gasteiger partial charge is 0.333 e. The number of likely N-dealkylation sites (tertiary alicyclic amines) is 2. The molecule has 114 valence electrons. The highest BCUT2D eigenvalue weighted by Crippen LogP contribution is 2.43. The summed E-state index contributed by atoms with van der Waals surface area (Å²) in [6.07, 6.45) is 4.92. The first-order chi connectivity index (χ1) is 10.1. The van der Waals surface area contributed by atoms with Crippen molar-refractivity contribution < 1.29 is 4.79 Å². The zero-order valence-electron chi connectivity index (χ0n) is 12.8. The number of piperidine rings is 1. The lowest BCUT2D eigenvalue weighted by atomic mass is 9.92. The molecule has 0 unspecified atom stereocenters. The highest BCUT2D eigenvalue weighted by Gasteiger charge is 2.41. The van der Waals surface area contributed by atoms with Crippen LogP contribution >= 0.6 is 11.3 Å². The van der Waals surface area contributed by atoms with Crippen molar-refractivity contribution in [2.24, 2.45) is 5.92 Å². The summed E-state index contributed by atoms with van der Waals surface area (Å²) in [6, 6.07) is 0.419. The molecule has 3 heterocycles. The molecule has 1 amide bonds. The predicted octanol–water partition coefficient (Wildman–Crippen LogP) is 2.50. The van der Waals surface area contributed by atoms with Crippen molar-refractivity contribution in [3.63, 3.8) is 0 Å². The SMILES string of the molecule is Cc1nc(C2CC2)sc1C(=O)N1CCC[C@H]2CN(C)C[C@H]21. The van der Waals surface area contributed by atoms with Crippen LogP contribution in [0.15, 0.2) is 0 Å². The highest BCUT2D eigenvalue weighted by atomic mass is 32.1. The number of hydrogen-bond acceptors (Lipinski definition) is 4. The van der Waals surface area contributed by atoms with Crippen LogP contribution in [0.4, 0.5) is 0 Å². The summed E-state index contributed by atoms with van der Waals surface area (Å²) in [5.74, 6) is 1.55. The summed E-state index contributed by atoms with van der Waals surface area (Å²) in [7, 11) is 2.17. The van der Waals surface area contributed by atoms with E-state index in [0.29, 0.717) is 17.9 Å². The topological polar surface area (TPSA) is 36.4 Å². The van der Waals surface area contributed by atoms with Gasteiger partial charge < -0.3 is 9.80 Å². The normalized spacial score (nSPS) is 29.7. The van der Waals surface area contributed by atoms with E-state index in [4.69, 9.17) is 0 Å². The lowest BCUT2D eigenvalue weighted by Crippen LogP contribution is -2.48. The van der Waals surface area contributed by atoms with Crippen LogP contribution < -0.4 is 0 Å². The van der Waals surface area contributed by atoms with Gasteiger partial charge in [0.15, 0.2) is 0 Å². The van der Waals surface area contributed by atoms with E-state index in [0.717, 1.165) is 36.6 Å². The molecule has 2 saturated heterocycles. The van der Waals surface area contributed by atoms with Gasteiger partial charge in [0.25, 0.3) is 5.91 Å². The molecule has 0 N–H and O–H groups in total. The first kappa shape index (κ1) is 13.7. The third kappa shape index (κ3) is 2.40. The maximum Gasteiger partial charge on any atom is 0.266 e. The van der Waals surface area contributed by atoms with Gasteiger partial charge in [0.2, 0.25) is 0 Å². The Bertz CT molecular complexity index is 566. The van der Waals surface area contributed by atoms with Gasteiger partial charge in [-0.05, 0) is 45.6 Å². The molecule has 0 radical (unpaired) electrons. The van der Waals surface area contributed by atoms with Crippen molar-refractivity contribution in [1.82, 2.24) is 14.8 Å². The molecule has 21 heavy (non-hydrogen) atoms. The molecule has 3 aliphatic rings. The number of nitrogens with zero attached hydrogens (tertiary/aromatic N) is 3. The van der Waals surface area contributed by atoms with Gasteiger partial charge >= 0.3 is 0 Å². The molecule has 3 fully saturated rings. The molecule has 1 saturated carbocycles. The number of likely N-dealkylation sites (N-methyl/N-ethyl adjacent to an activating group) is 1. The minimum Gasteiger partial charge on any atom is -0.333 e. The lowest BCUT2D eigenvalue weighted by Gasteiger charge is -2.36. The lowest BCUT2D eigenvalue weighted by molar-refractivity contribution is 0.0576. The minimum atomic E-state index is 0.238. The van der Waals surface area contributed by atoms with Crippen LogP contribution in [0, 0.1) is 12.8 Å². The second-order valence-electron chi connectivity index (χ2n) is 6.93. The molecule has 4 nitrogen and oxygen atoms in total. The molecular formula is C16H23N3OS. The number of thiazole rings is 1. The fourth-order valence-electron chi connectivity index (χ4n) is 3.89. The molecule has 1 aliphatic carbocycles. The standard InChI is InChI=1S/C16H23N3OS/c1-10-14(21-15(17-10)11-5-6-11)16(20)19-7-3-4-12-8-18(2)9-13(12)19/h11-13H,3-9H2,1-2H3/t12-,13+/m0/s1. The molecule has 2 atom stereocenters. The van der Waals surface area contributed by atoms with Crippen LogP contribution in [0.2, 0.25) is 0 Å². The third-order valence-electron chi connectivity index (χ3n) is 5.16. The van der Waals surface area contributed by atoms with Crippen LogP contribution in [-0.4, -0.2) is 53.4 Å². The van der Waals surface area contributed by atoms with Gasteiger partial charge in [-0.3, -0.25) is 4.79 Å². The van der Waals surface area contributed by atoms with Gasteiger partial charge in [-0.1, -0.05) is 0 Å². The average Bonchev–Trinajstić information content (AvgIpc) is 3.13. The molecule has 0 aromatic carbocycles. The number of rotatable bonds is 2. The smallest absolute Gasteiger partial charge is 0.266 e. The van der Waals surface area contributed by atoms with E-state index in [1.165, 1.54) is 24.3 Å². The van der Waals surface area contributed by atoms with Crippen LogP contribution in [0.3, 0.4) is 0 Å². The second kappa shape index (κ2) is 5.06. The van der Waals surface area contributed by atoms with Crippen LogP contribution in [0.1, 0.15) is 52.0 Å². The monoisotopic (exact) mass is 305 g/mol. The molecular weight excluding hydrogens is 282 g/mol. The molecule has 0 bridgehead atoms. The Morgan fingerprint density at radius 1 is 1.29 bits per heavy atom. The number of fused-ring (bicyclic) bond motifs is 1. The zero-order chi connectivity index (χ0) is 14.6. The van der Waals surface area contributed by atoms with Crippen molar-refractivity contribution in [2.75, 3.05) is 26.7 Å². The van der Waals surface area contributed by atoms with Crippen molar-refractivity contribution in [3.05, 3.63) is 15.6 Å². The van der Waals surface area contributed by atoms with Gasteiger partial charge in [-0.25, -0.2) is 4.98 Å². The fourth-order valence-corrected chi connectivity index (χ4v) is 5.09. The van der Waals surface area contributed by atoms with E-state index in [-0.39, 0.29) is 5.91 Å². The molecule has 0 spiro atoms. The van der Waals surface area contributed by atoms with E-state index in [1.54, 1.807) is 11.3 Å². The second-order valence-corrected chi connectivity index (χ2v) is 7.96. The Balaban J connectivity index is 1.58. The first-order valence-corrected chi connectivity index (χ1v) is 8.92. The Morgan fingerprint density at radius 2 is 2.10 bits per heavy atom. The summed E-state index contributed by atoms with van der Waals surface area (Å²) in [6.45, 7) is 5.09. The average molecular weight is 305 g/mol. The van der Waals surface area contributed by atoms with E-state index >= 15 is 0 Å². The van der Waals surface area contributed by atoms with Crippen molar-refractivity contribution in [2.45, 2.75) is 44.6 Å². The van der Waals surface area contributed by atoms with Gasteiger partial charge in [0, 0.05) is 31.6 Å². The van der Waals surface area contributed by atoms with E-state index < -0.39 is 0 Å². The number of amides is 1. The number of aromatic nitrogens is 1. The Labute approximate surface area is 130 Å². The van der Waals surface area contributed by atoms with E-state index in [1.807, 2.05) is 6.92 Å². The molecule has 4 rings (SSSR count). The van der Waals surface area contributed by atoms with Gasteiger partial charge in [-0.2, -0.15) is 0 Å². The summed E-state index contributed by atoms with van der Waals surface area (Å²) < 4.78 is 0. The highest BCUT2D eigenvalue weighted by molar-refractivity contribution is 7.13. The number of hydrogen-bond donors (Lipinski definition) is 0. The van der Waals surface area contributed by atoms with Gasteiger partial charge in [-0.15, -0.1) is 11.3 Å². The van der Waals surface area contributed by atoms with E-state index in [9.17, 15) is 4.79 Å². The third-order valence-corrected chi connectivity index (χ3v) is 6.47. The summed E-state index contributed by atoms with van der Waals surface area (Å²) in [5.41, 5.74) is 0.945. The molecule has 2 aliphatic heterocycles. The molecule has 5 heteroatoms. The molecule has 1 aromatic heterocycles. The van der Waals surface area contributed by atoms with Crippen molar-refractivity contribution in [1.29, 1.82) is 0 Å². The quantitative estimate of drug-likeness (QED) is 0.842. The maximum absolute atomic E-state index is 13.0. The Hall–Kier alpha value is -0.940. The van der Waals surface area contributed by atoms with Crippen LogP contribution in [0.5, 0.6) is 0 Å².